The van der Waals surface area contributed by atoms with Crippen molar-refractivity contribution in [1.29, 1.82) is 0 Å². The molecule has 0 radical (unpaired) electrons. The number of aliphatic carboxylic acids is 1. The molecule has 3 atom stereocenters. The van der Waals surface area contributed by atoms with Crippen LogP contribution >= 0.6 is 0 Å². The second-order valence-electron chi connectivity index (χ2n) is 6.51. The number of aryl methyl sites for hydroxylation is 1. The first-order valence-electron chi connectivity index (χ1n) is 7.53. The normalized spacial score (nSPS) is 24.6. The summed E-state index contributed by atoms with van der Waals surface area (Å²) in [4.78, 5) is 23.2. The average Bonchev–Trinajstić information content (AvgIpc) is 2.81. The maximum absolute atomic E-state index is 11.6. The van der Waals surface area contributed by atoms with E-state index in [1.807, 2.05) is 13.8 Å². The van der Waals surface area contributed by atoms with Crippen molar-refractivity contribution in [2.24, 2.45) is 17.8 Å². The van der Waals surface area contributed by atoms with Gasteiger partial charge in [-0.25, -0.2) is 4.79 Å². The molecule has 2 rings (SSSR count). The zero-order valence-corrected chi connectivity index (χ0v) is 13.0. The van der Waals surface area contributed by atoms with Crippen molar-refractivity contribution in [1.82, 2.24) is 0 Å². The van der Waals surface area contributed by atoms with Crippen molar-refractivity contribution in [3.05, 3.63) is 28.8 Å². The number of aromatic hydroxyl groups is 1. The largest absolute Gasteiger partial charge is 0.507 e. The van der Waals surface area contributed by atoms with Crippen LogP contribution in [0.3, 0.4) is 0 Å². The van der Waals surface area contributed by atoms with Crippen LogP contribution in [0.2, 0.25) is 0 Å². The summed E-state index contributed by atoms with van der Waals surface area (Å²) < 4.78 is 0. The molecule has 0 aliphatic heterocycles. The summed E-state index contributed by atoms with van der Waals surface area (Å²) >= 11 is 0. The third-order valence-corrected chi connectivity index (χ3v) is 4.74. The van der Waals surface area contributed by atoms with Crippen LogP contribution in [-0.2, 0) is 4.79 Å². The smallest absolute Gasteiger partial charge is 0.339 e. The first-order valence-corrected chi connectivity index (χ1v) is 7.53. The lowest BCUT2D eigenvalue weighted by molar-refractivity contribution is -0.142. The maximum atomic E-state index is 11.6. The van der Waals surface area contributed by atoms with Crippen molar-refractivity contribution < 1.29 is 24.9 Å². The molecule has 3 N–H and O–H groups in total. The lowest BCUT2D eigenvalue weighted by Crippen LogP contribution is -2.25. The van der Waals surface area contributed by atoms with Crippen molar-refractivity contribution >= 4 is 11.9 Å². The third kappa shape index (κ3) is 2.80. The van der Waals surface area contributed by atoms with E-state index in [0.717, 1.165) is 12.0 Å². The molecule has 1 aliphatic carbocycles. The molecule has 0 heterocycles. The predicted octanol–water partition coefficient (Wildman–Crippen LogP) is 3.25. The lowest BCUT2D eigenvalue weighted by atomic mass is 9.76. The van der Waals surface area contributed by atoms with Crippen LogP contribution in [0.1, 0.15) is 54.1 Å². The van der Waals surface area contributed by atoms with E-state index >= 15 is 0 Å². The molecule has 0 spiro atoms. The second kappa shape index (κ2) is 5.99. The minimum Gasteiger partial charge on any atom is -0.507 e. The minimum absolute atomic E-state index is 0.0976. The fourth-order valence-corrected chi connectivity index (χ4v) is 3.79. The molecule has 0 aromatic heterocycles. The number of carboxylic acid groups (broad SMARTS) is 2. The van der Waals surface area contributed by atoms with Gasteiger partial charge < -0.3 is 15.3 Å². The first kappa shape index (κ1) is 16.3. The van der Waals surface area contributed by atoms with Gasteiger partial charge in [-0.05, 0) is 48.8 Å². The highest BCUT2D eigenvalue weighted by atomic mass is 16.4. The summed E-state index contributed by atoms with van der Waals surface area (Å²) in [7, 11) is 0. The molecule has 0 unspecified atom stereocenters. The lowest BCUT2D eigenvalue weighted by Gasteiger charge is -2.28. The van der Waals surface area contributed by atoms with Gasteiger partial charge in [-0.2, -0.15) is 0 Å². The van der Waals surface area contributed by atoms with Gasteiger partial charge in [0, 0.05) is 5.92 Å². The maximum Gasteiger partial charge on any atom is 0.339 e. The first-order chi connectivity index (χ1) is 10.2. The zero-order chi connectivity index (χ0) is 16.6. The van der Waals surface area contributed by atoms with Gasteiger partial charge in [0.15, 0.2) is 0 Å². The van der Waals surface area contributed by atoms with Crippen LogP contribution in [0, 0.1) is 24.7 Å². The number of rotatable bonds is 4. The van der Waals surface area contributed by atoms with Gasteiger partial charge in [-0.1, -0.05) is 19.9 Å². The number of hydrogen-bond acceptors (Lipinski definition) is 3. The Kier molecular flexibility index (Phi) is 4.44. The fourth-order valence-electron chi connectivity index (χ4n) is 3.79. The summed E-state index contributed by atoms with van der Waals surface area (Å²) in [5, 5.41) is 29.0. The Hall–Kier alpha value is -2.04. The Morgan fingerprint density at radius 1 is 1.18 bits per heavy atom. The molecule has 0 saturated heterocycles. The van der Waals surface area contributed by atoms with Gasteiger partial charge in [-0.3, -0.25) is 4.79 Å². The van der Waals surface area contributed by atoms with Gasteiger partial charge in [0.25, 0.3) is 0 Å². The predicted molar refractivity (Wildman–Crippen MR) is 81.2 cm³/mol. The van der Waals surface area contributed by atoms with E-state index in [1.165, 1.54) is 6.07 Å². The van der Waals surface area contributed by atoms with Crippen LogP contribution in [0.25, 0.3) is 0 Å². The highest BCUT2D eigenvalue weighted by Gasteiger charge is 2.44. The molecule has 5 nitrogen and oxygen atoms in total. The van der Waals surface area contributed by atoms with E-state index in [-0.39, 0.29) is 29.1 Å². The minimum atomic E-state index is -1.22. The molecule has 0 amide bonds. The Balaban J connectivity index is 2.64. The van der Waals surface area contributed by atoms with Crippen LogP contribution in [0.4, 0.5) is 0 Å². The summed E-state index contributed by atoms with van der Waals surface area (Å²) in [5.74, 6) is -3.04. The summed E-state index contributed by atoms with van der Waals surface area (Å²) in [6.07, 6.45) is 1.30. The Labute approximate surface area is 129 Å². The molecule has 1 fully saturated rings. The van der Waals surface area contributed by atoms with Crippen molar-refractivity contribution in [3.8, 4) is 5.75 Å². The Morgan fingerprint density at radius 2 is 1.82 bits per heavy atom. The van der Waals surface area contributed by atoms with E-state index < -0.39 is 17.9 Å². The number of hydrogen-bond donors (Lipinski definition) is 3. The van der Waals surface area contributed by atoms with E-state index in [1.54, 1.807) is 13.0 Å². The molecule has 1 aromatic rings. The van der Waals surface area contributed by atoms with E-state index in [2.05, 4.69) is 0 Å². The quantitative estimate of drug-likeness (QED) is 0.793. The summed E-state index contributed by atoms with van der Waals surface area (Å²) in [6, 6.07) is 3.12. The number of carbonyl (C=O) groups is 2. The Morgan fingerprint density at radius 3 is 2.32 bits per heavy atom. The topological polar surface area (TPSA) is 94.8 Å². The molecular formula is C17H22O5. The van der Waals surface area contributed by atoms with Crippen LogP contribution < -0.4 is 0 Å². The van der Waals surface area contributed by atoms with Crippen molar-refractivity contribution in [3.63, 3.8) is 0 Å². The third-order valence-electron chi connectivity index (χ3n) is 4.74. The van der Waals surface area contributed by atoms with Crippen LogP contribution in [-0.4, -0.2) is 27.3 Å². The van der Waals surface area contributed by atoms with E-state index in [9.17, 15) is 24.9 Å². The molecule has 5 heteroatoms. The SMILES string of the molecule is Cc1cc(O)c(C(=O)O)c([C@H]2[C@@H](C(C)C)CC[C@H]2C(=O)O)c1. The number of carboxylic acids is 2. The van der Waals surface area contributed by atoms with E-state index in [0.29, 0.717) is 12.0 Å². The standard InChI is InChI=1S/C17H22O5/c1-8(2)10-4-5-11(16(19)20)14(10)12-6-9(3)7-13(18)15(12)17(21)22/h6-8,10-11,14,18H,4-5H2,1-3H3,(H,19,20)(H,21,22)/t10-,11-,14+/m1/s1. The van der Waals surface area contributed by atoms with Crippen LogP contribution in [0.5, 0.6) is 5.75 Å². The molecule has 1 aliphatic rings. The zero-order valence-electron chi connectivity index (χ0n) is 13.0. The molecule has 1 aromatic carbocycles. The van der Waals surface area contributed by atoms with Crippen LogP contribution in [0.15, 0.2) is 12.1 Å². The van der Waals surface area contributed by atoms with Gasteiger partial charge in [0.05, 0.1) is 5.92 Å². The average molecular weight is 306 g/mol. The fraction of sp³-hybridized carbons (Fsp3) is 0.529. The summed E-state index contributed by atoms with van der Waals surface area (Å²) in [5.41, 5.74) is 1.03. The van der Waals surface area contributed by atoms with E-state index in [4.69, 9.17) is 0 Å². The number of benzene rings is 1. The number of aromatic carboxylic acids is 1. The van der Waals surface area contributed by atoms with Gasteiger partial charge in [-0.15, -0.1) is 0 Å². The Bertz CT molecular complexity index is 605. The second-order valence-corrected chi connectivity index (χ2v) is 6.51. The van der Waals surface area contributed by atoms with Crippen molar-refractivity contribution in [2.45, 2.75) is 39.5 Å². The van der Waals surface area contributed by atoms with Gasteiger partial charge >= 0.3 is 11.9 Å². The molecule has 0 bridgehead atoms. The molecule has 1 saturated carbocycles. The van der Waals surface area contributed by atoms with Gasteiger partial charge in [0.1, 0.15) is 11.3 Å². The highest BCUT2D eigenvalue weighted by Crippen LogP contribution is 2.49. The highest BCUT2D eigenvalue weighted by molar-refractivity contribution is 5.93. The van der Waals surface area contributed by atoms with Gasteiger partial charge in [0.2, 0.25) is 0 Å². The number of phenols is 1. The molecular weight excluding hydrogens is 284 g/mol. The molecule has 120 valence electrons. The molecule has 22 heavy (non-hydrogen) atoms. The summed E-state index contributed by atoms with van der Waals surface area (Å²) in [6.45, 7) is 5.82. The monoisotopic (exact) mass is 306 g/mol. The van der Waals surface area contributed by atoms with Crippen molar-refractivity contribution in [2.75, 3.05) is 0 Å².